The zero-order valence-electron chi connectivity index (χ0n) is 17.6. The Labute approximate surface area is 189 Å². The number of nitrogens with one attached hydrogen (secondary N) is 1. The predicted octanol–water partition coefficient (Wildman–Crippen LogP) is 4.12. The molecule has 1 amide bonds. The van der Waals surface area contributed by atoms with E-state index >= 15 is 0 Å². The molecule has 1 N–H and O–H groups in total. The lowest BCUT2D eigenvalue weighted by Gasteiger charge is -2.36. The second-order valence-corrected chi connectivity index (χ2v) is 8.39. The highest BCUT2D eigenvalue weighted by Crippen LogP contribution is 2.22. The summed E-state index contributed by atoms with van der Waals surface area (Å²) in [4.78, 5) is 25.4. The molecule has 32 heavy (non-hydrogen) atoms. The van der Waals surface area contributed by atoms with Gasteiger partial charge in [-0.25, -0.2) is 18.7 Å². The molecule has 1 aliphatic rings. The van der Waals surface area contributed by atoms with Crippen LogP contribution < -0.4 is 15.1 Å². The molecular weight excluding hydrogens is 432 g/mol. The Balaban J connectivity index is 1.30. The molecule has 0 saturated carbocycles. The Morgan fingerprint density at radius 2 is 1.75 bits per heavy atom. The van der Waals surface area contributed by atoms with Gasteiger partial charge in [0.25, 0.3) is 0 Å². The summed E-state index contributed by atoms with van der Waals surface area (Å²) < 4.78 is 26.8. The van der Waals surface area contributed by atoms with Crippen molar-refractivity contribution in [3.8, 4) is 0 Å². The van der Waals surface area contributed by atoms with E-state index in [0.29, 0.717) is 16.4 Å². The maximum absolute atomic E-state index is 13.6. The van der Waals surface area contributed by atoms with Gasteiger partial charge in [0.2, 0.25) is 5.91 Å². The van der Waals surface area contributed by atoms with Gasteiger partial charge in [0.05, 0.1) is 5.75 Å². The predicted molar refractivity (Wildman–Crippen MR) is 123 cm³/mol. The number of hydrogen-bond acceptors (Lipinski definition) is 6. The minimum Gasteiger partial charge on any atom is -0.368 e. The highest BCUT2D eigenvalue weighted by molar-refractivity contribution is 7.99. The second kappa shape index (κ2) is 9.95. The van der Waals surface area contributed by atoms with Crippen LogP contribution in [0.15, 0.2) is 59.9 Å². The monoisotopic (exact) mass is 455 g/mol. The van der Waals surface area contributed by atoms with Crippen molar-refractivity contribution >= 4 is 34.9 Å². The number of carbonyl (C=O) groups excluding carboxylic acids is 1. The molecule has 0 bridgehead atoms. The molecule has 0 radical (unpaired) electrons. The number of piperazine rings is 1. The zero-order valence-corrected chi connectivity index (χ0v) is 18.4. The molecule has 0 aliphatic carbocycles. The molecule has 1 aliphatic heterocycles. The van der Waals surface area contributed by atoms with Gasteiger partial charge in [-0.1, -0.05) is 17.8 Å². The summed E-state index contributed by atoms with van der Waals surface area (Å²) in [5, 5.41) is 3.20. The van der Waals surface area contributed by atoms with Crippen molar-refractivity contribution < 1.29 is 13.6 Å². The lowest BCUT2D eigenvalue weighted by atomic mass is 10.2. The second-order valence-electron chi connectivity index (χ2n) is 7.45. The van der Waals surface area contributed by atoms with Crippen molar-refractivity contribution in [3.05, 3.63) is 71.9 Å². The first-order chi connectivity index (χ1) is 15.5. The van der Waals surface area contributed by atoms with Crippen LogP contribution in [0.3, 0.4) is 0 Å². The maximum Gasteiger partial charge on any atom is 0.234 e. The Morgan fingerprint density at radius 1 is 1.03 bits per heavy atom. The summed E-state index contributed by atoms with van der Waals surface area (Å²) in [6.07, 6.45) is 1.68. The van der Waals surface area contributed by atoms with Crippen LogP contribution in [0.4, 0.5) is 26.0 Å². The largest absolute Gasteiger partial charge is 0.368 e. The lowest BCUT2D eigenvalue weighted by molar-refractivity contribution is -0.113. The smallest absolute Gasteiger partial charge is 0.234 e. The Hall–Kier alpha value is -3.20. The molecule has 1 aromatic heterocycles. The normalized spacial score (nSPS) is 13.8. The average molecular weight is 456 g/mol. The number of hydrogen-bond donors (Lipinski definition) is 1. The first kappa shape index (κ1) is 22.0. The third-order valence-electron chi connectivity index (χ3n) is 5.20. The molecule has 4 rings (SSSR count). The van der Waals surface area contributed by atoms with E-state index in [1.165, 1.54) is 30.0 Å². The molecule has 0 atom stereocenters. The fourth-order valence-electron chi connectivity index (χ4n) is 3.42. The quantitative estimate of drug-likeness (QED) is 0.446. The number of benzene rings is 2. The van der Waals surface area contributed by atoms with Crippen molar-refractivity contribution in [2.75, 3.05) is 47.0 Å². The van der Waals surface area contributed by atoms with Crippen LogP contribution >= 0.6 is 11.8 Å². The number of nitrogens with zero attached hydrogens (tertiary/aromatic N) is 4. The minimum absolute atomic E-state index is 0.122. The number of aryl methyl sites for hydroxylation is 1. The Morgan fingerprint density at radius 3 is 2.47 bits per heavy atom. The average Bonchev–Trinajstić information content (AvgIpc) is 2.81. The van der Waals surface area contributed by atoms with E-state index < -0.39 is 0 Å². The van der Waals surface area contributed by atoms with Crippen molar-refractivity contribution in [1.29, 1.82) is 0 Å². The third-order valence-corrected chi connectivity index (χ3v) is 6.06. The van der Waals surface area contributed by atoms with Gasteiger partial charge in [-0.2, -0.15) is 0 Å². The number of rotatable bonds is 6. The van der Waals surface area contributed by atoms with Gasteiger partial charge in [-0.3, -0.25) is 4.79 Å². The topological polar surface area (TPSA) is 61.4 Å². The van der Waals surface area contributed by atoms with E-state index in [0.717, 1.165) is 37.7 Å². The van der Waals surface area contributed by atoms with Gasteiger partial charge in [0.1, 0.15) is 17.5 Å². The van der Waals surface area contributed by atoms with E-state index in [9.17, 15) is 13.6 Å². The number of anilines is 3. The van der Waals surface area contributed by atoms with Gasteiger partial charge in [-0.15, -0.1) is 0 Å². The van der Waals surface area contributed by atoms with Crippen molar-refractivity contribution in [3.63, 3.8) is 0 Å². The van der Waals surface area contributed by atoms with Crippen LogP contribution in [0.25, 0.3) is 0 Å². The van der Waals surface area contributed by atoms with E-state index in [-0.39, 0.29) is 23.3 Å². The van der Waals surface area contributed by atoms with E-state index in [4.69, 9.17) is 0 Å². The van der Waals surface area contributed by atoms with E-state index in [2.05, 4.69) is 25.1 Å². The SMILES string of the molecule is Cc1ccc(NC(=O)CSc2nccc(N3CCN(c4ccc(F)cc4)CC3)n2)cc1F. The Kier molecular flexibility index (Phi) is 6.84. The summed E-state index contributed by atoms with van der Waals surface area (Å²) in [6, 6.07) is 13.0. The first-order valence-electron chi connectivity index (χ1n) is 10.3. The van der Waals surface area contributed by atoms with Gasteiger partial charge < -0.3 is 15.1 Å². The molecule has 0 spiro atoms. The van der Waals surface area contributed by atoms with Crippen molar-refractivity contribution in [2.45, 2.75) is 12.1 Å². The van der Waals surface area contributed by atoms with Gasteiger partial charge in [0, 0.05) is 43.8 Å². The van der Waals surface area contributed by atoms with Crippen LogP contribution in [-0.2, 0) is 4.79 Å². The highest BCUT2D eigenvalue weighted by atomic mass is 32.2. The fourth-order valence-corrected chi connectivity index (χ4v) is 4.05. The summed E-state index contributed by atoms with van der Waals surface area (Å²) in [5.41, 5.74) is 1.96. The molecule has 166 valence electrons. The summed E-state index contributed by atoms with van der Waals surface area (Å²) in [7, 11) is 0. The fraction of sp³-hybridized carbons (Fsp3) is 0.261. The number of aromatic nitrogens is 2. The summed E-state index contributed by atoms with van der Waals surface area (Å²) in [5.74, 6) is 0.0867. The molecule has 1 saturated heterocycles. The lowest BCUT2D eigenvalue weighted by Crippen LogP contribution is -2.46. The maximum atomic E-state index is 13.6. The van der Waals surface area contributed by atoms with Gasteiger partial charge in [0.15, 0.2) is 5.16 Å². The van der Waals surface area contributed by atoms with Gasteiger partial charge in [-0.05, 0) is 55.0 Å². The van der Waals surface area contributed by atoms with E-state index in [1.807, 2.05) is 6.07 Å². The summed E-state index contributed by atoms with van der Waals surface area (Å²) >= 11 is 1.23. The first-order valence-corrected chi connectivity index (χ1v) is 11.2. The molecule has 1 fully saturated rings. The number of thioether (sulfide) groups is 1. The molecule has 2 aromatic carbocycles. The molecule has 6 nitrogen and oxygen atoms in total. The third kappa shape index (κ3) is 5.53. The zero-order chi connectivity index (χ0) is 22.5. The van der Waals surface area contributed by atoms with Crippen molar-refractivity contribution in [2.24, 2.45) is 0 Å². The molecular formula is C23H23F2N5OS. The minimum atomic E-state index is -0.356. The number of amides is 1. The molecule has 9 heteroatoms. The molecule has 3 aromatic rings. The van der Waals surface area contributed by atoms with Crippen LogP contribution in [0.1, 0.15) is 5.56 Å². The van der Waals surface area contributed by atoms with Crippen LogP contribution in [-0.4, -0.2) is 47.8 Å². The standard InChI is InChI=1S/C23H23F2N5OS/c1-16-2-5-18(14-20(16)25)27-22(31)15-32-23-26-9-8-21(28-23)30-12-10-29(11-13-30)19-6-3-17(24)4-7-19/h2-9,14H,10-13,15H2,1H3,(H,27,31). The van der Waals surface area contributed by atoms with Gasteiger partial charge >= 0.3 is 0 Å². The Bertz CT molecular complexity index is 1090. The number of halogens is 2. The van der Waals surface area contributed by atoms with Crippen LogP contribution in [0.2, 0.25) is 0 Å². The van der Waals surface area contributed by atoms with Crippen LogP contribution in [0, 0.1) is 18.6 Å². The highest BCUT2D eigenvalue weighted by Gasteiger charge is 2.19. The number of carbonyl (C=O) groups is 1. The summed E-state index contributed by atoms with van der Waals surface area (Å²) in [6.45, 7) is 4.82. The van der Waals surface area contributed by atoms with Crippen molar-refractivity contribution in [1.82, 2.24) is 9.97 Å². The van der Waals surface area contributed by atoms with Crippen LogP contribution in [0.5, 0.6) is 0 Å². The molecule has 0 unspecified atom stereocenters. The van der Waals surface area contributed by atoms with E-state index in [1.54, 1.807) is 37.4 Å². The molecule has 2 heterocycles.